The van der Waals surface area contributed by atoms with Gasteiger partial charge in [0, 0.05) is 6.08 Å². The number of rotatable bonds is 6. The highest BCUT2D eigenvalue weighted by molar-refractivity contribution is 5.81. The summed E-state index contributed by atoms with van der Waals surface area (Å²) >= 11 is 0. The van der Waals surface area contributed by atoms with E-state index in [1.54, 1.807) is 6.92 Å². The minimum atomic E-state index is -0.915. The molecule has 1 aromatic carbocycles. The minimum Gasteiger partial charge on any atom is -0.478 e. The molecule has 0 amide bonds. The first-order valence-electron chi connectivity index (χ1n) is 9.64. The maximum atomic E-state index is 10.7. The summed E-state index contributed by atoms with van der Waals surface area (Å²) in [6, 6.07) is 10.7. The van der Waals surface area contributed by atoms with Gasteiger partial charge in [-0.1, -0.05) is 74.1 Å². The van der Waals surface area contributed by atoms with Crippen molar-refractivity contribution in [3.05, 3.63) is 88.6 Å². The summed E-state index contributed by atoms with van der Waals surface area (Å²) in [5, 5.41) is 8.77. The fourth-order valence-electron chi connectivity index (χ4n) is 3.64. The van der Waals surface area contributed by atoms with Crippen molar-refractivity contribution in [3.8, 4) is 0 Å². The van der Waals surface area contributed by atoms with E-state index in [2.05, 4.69) is 57.2 Å². The van der Waals surface area contributed by atoms with Crippen LogP contribution in [-0.4, -0.2) is 11.1 Å². The predicted molar refractivity (Wildman–Crippen MR) is 114 cm³/mol. The molecule has 1 aliphatic rings. The number of carboxylic acid groups (broad SMARTS) is 1. The third kappa shape index (κ3) is 6.25. The van der Waals surface area contributed by atoms with E-state index in [4.69, 9.17) is 5.11 Å². The molecule has 1 aliphatic carbocycles. The maximum absolute atomic E-state index is 10.7. The van der Waals surface area contributed by atoms with Crippen LogP contribution in [0.25, 0.3) is 5.57 Å². The fraction of sp³-hybridized carbons (Fsp3) is 0.320. The molecule has 0 saturated heterocycles. The Morgan fingerprint density at radius 3 is 2.41 bits per heavy atom. The number of hydrogen-bond acceptors (Lipinski definition) is 1. The van der Waals surface area contributed by atoms with Gasteiger partial charge in [0.2, 0.25) is 0 Å². The zero-order valence-corrected chi connectivity index (χ0v) is 16.8. The smallest absolute Gasteiger partial charge is 0.328 e. The molecule has 1 aromatic rings. The van der Waals surface area contributed by atoms with Crippen molar-refractivity contribution in [1.82, 2.24) is 0 Å². The zero-order valence-electron chi connectivity index (χ0n) is 16.8. The summed E-state index contributed by atoms with van der Waals surface area (Å²) in [5.74, 6) is -0.432. The van der Waals surface area contributed by atoms with E-state index < -0.39 is 5.97 Å². The number of carbonyl (C=O) groups is 1. The molecule has 0 radical (unpaired) electrons. The standard InChI is InChI=1S/C25H30O2/c1-18(2)25-22(14-9-15-23(25)21-12-6-5-7-13-21)16-19(3)10-8-11-20(4)17-24(26)27/h5-8,10-13,16-18H,9,14-15H2,1-4H3,(H,26,27)/b11-8+,19-10-,20-17+,22-16+. The van der Waals surface area contributed by atoms with Gasteiger partial charge in [0.15, 0.2) is 0 Å². The Balaban J connectivity index is 2.33. The van der Waals surface area contributed by atoms with Crippen molar-refractivity contribution in [2.45, 2.75) is 47.0 Å². The van der Waals surface area contributed by atoms with Crippen molar-refractivity contribution in [1.29, 1.82) is 0 Å². The van der Waals surface area contributed by atoms with E-state index in [-0.39, 0.29) is 0 Å². The van der Waals surface area contributed by atoms with E-state index >= 15 is 0 Å². The Bertz CT molecular complexity index is 815. The summed E-state index contributed by atoms with van der Waals surface area (Å²) in [4.78, 5) is 10.7. The third-order valence-corrected chi connectivity index (χ3v) is 4.71. The van der Waals surface area contributed by atoms with Gasteiger partial charge in [-0.05, 0) is 66.9 Å². The molecule has 27 heavy (non-hydrogen) atoms. The van der Waals surface area contributed by atoms with Crippen LogP contribution in [0.5, 0.6) is 0 Å². The molecule has 0 spiro atoms. The molecule has 0 fully saturated rings. The van der Waals surface area contributed by atoms with Crippen LogP contribution >= 0.6 is 0 Å². The third-order valence-electron chi connectivity index (χ3n) is 4.71. The van der Waals surface area contributed by atoms with Crippen LogP contribution in [0.2, 0.25) is 0 Å². The van der Waals surface area contributed by atoms with Crippen molar-refractivity contribution < 1.29 is 9.90 Å². The highest BCUT2D eigenvalue weighted by Crippen LogP contribution is 2.39. The van der Waals surface area contributed by atoms with E-state index in [1.165, 1.54) is 40.4 Å². The van der Waals surface area contributed by atoms with Gasteiger partial charge in [0.05, 0.1) is 0 Å². The average Bonchev–Trinajstić information content (AvgIpc) is 2.61. The Kier molecular flexibility index (Phi) is 7.60. The lowest BCUT2D eigenvalue weighted by molar-refractivity contribution is -0.131. The molecule has 0 bridgehead atoms. The van der Waals surface area contributed by atoms with Crippen LogP contribution < -0.4 is 0 Å². The van der Waals surface area contributed by atoms with Gasteiger partial charge in [-0.25, -0.2) is 4.79 Å². The van der Waals surface area contributed by atoms with Crippen molar-refractivity contribution in [2.24, 2.45) is 5.92 Å². The van der Waals surface area contributed by atoms with E-state index in [0.717, 1.165) is 18.4 Å². The Hall–Kier alpha value is -2.61. The maximum Gasteiger partial charge on any atom is 0.328 e. The monoisotopic (exact) mass is 362 g/mol. The molecule has 2 nitrogen and oxygen atoms in total. The van der Waals surface area contributed by atoms with Gasteiger partial charge in [-0.3, -0.25) is 0 Å². The second kappa shape index (κ2) is 9.91. The first-order chi connectivity index (χ1) is 12.9. The van der Waals surface area contributed by atoms with Gasteiger partial charge in [0.25, 0.3) is 0 Å². The number of allylic oxidation sites excluding steroid dienone is 9. The topological polar surface area (TPSA) is 37.3 Å². The van der Waals surface area contributed by atoms with E-state index in [1.807, 2.05) is 18.2 Å². The quantitative estimate of drug-likeness (QED) is 0.449. The van der Waals surface area contributed by atoms with Crippen LogP contribution in [0.3, 0.4) is 0 Å². The van der Waals surface area contributed by atoms with Crippen molar-refractivity contribution in [2.75, 3.05) is 0 Å². The van der Waals surface area contributed by atoms with Gasteiger partial charge >= 0.3 is 5.97 Å². The molecule has 2 heteroatoms. The van der Waals surface area contributed by atoms with E-state index in [9.17, 15) is 4.79 Å². The lowest BCUT2D eigenvalue weighted by Crippen LogP contribution is -2.08. The largest absolute Gasteiger partial charge is 0.478 e. The first-order valence-corrected chi connectivity index (χ1v) is 9.64. The predicted octanol–water partition coefficient (Wildman–Crippen LogP) is 6.74. The molecule has 0 unspecified atom stereocenters. The number of aliphatic carboxylic acids is 1. The van der Waals surface area contributed by atoms with Crippen LogP contribution in [0, 0.1) is 5.92 Å². The van der Waals surface area contributed by atoms with Crippen LogP contribution in [-0.2, 0) is 4.79 Å². The van der Waals surface area contributed by atoms with Gasteiger partial charge in [0.1, 0.15) is 0 Å². The van der Waals surface area contributed by atoms with Gasteiger partial charge < -0.3 is 5.11 Å². The van der Waals surface area contributed by atoms with E-state index in [0.29, 0.717) is 5.92 Å². The Morgan fingerprint density at radius 2 is 1.78 bits per heavy atom. The van der Waals surface area contributed by atoms with Crippen LogP contribution in [0.4, 0.5) is 0 Å². The number of carboxylic acids is 1. The molecule has 0 aliphatic heterocycles. The number of benzene rings is 1. The number of hydrogen-bond donors (Lipinski definition) is 1. The molecule has 0 heterocycles. The Labute approximate surface area is 163 Å². The SMILES string of the molecule is CC(=C/C=C/C(C)=C/C(=O)O)/C=C1\CCCC(c2ccccc2)=C1C(C)C. The molecular weight excluding hydrogens is 332 g/mol. The lowest BCUT2D eigenvalue weighted by atomic mass is 9.78. The first kappa shape index (κ1) is 20.7. The molecule has 2 rings (SSSR count). The summed E-state index contributed by atoms with van der Waals surface area (Å²) in [6.07, 6.45) is 12.7. The molecule has 0 aromatic heterocycles. The fourth-order valence-corrected chi connectivity index (χ4v) is 3.64. The lowest BCUT2D eigenvalue weighted by Gasteiger charge is -2.27. The summed E-state index contributed by atoms with van der Waals surface area (Å²) in [7, 11) is 0. The highest BCUT2D eigenvalue weighted by atomic mass is 16.4. The normalized spacial score (nSPS) is 18.0. The second-order valence-corrected chi connectivity index (χ2v) is 7.43. The average molecular weight is 363 g/mol. The van der Waals surface area contributed by atoms with Crippen molar-refractivity contribution in [3.63, 3.8) is 0 Å². The summed E-state index contributed by atoms with van der Waals surface area (Å²) in [6.45, 7) is 8.44. The van der Waals surface area contributed by atoms with Crippen molar-refractivity contribution >= 4 is 11.5 Å². The molecular formula is C25H30O2. The molecule has 1 N–H and O–H groups in total. The molecule has 0 saturated carbocycles. The van der Waals surface area contributed by atoms with Gasteiger partial charge in [-0.15, -0.1) is 0 Å². The molecule has 142 valence electrons. The molecule has 0 atom stereocenters. The second-order valence-electron chi connectivity index (χ2n) is 7.43. The zero-order chi connectivity index (χ0) is 19.8. The summed E-state index contributed by atoms with van der Waals surface area (Å²) < 4.78 is 0. The van der Waals surface area contributed by atoms with Crippen LogP contribution in [0.1, 0.15) is 52.5 Å². The highest BCUT2D eigenvalue weighted by Gasteiger charge is 2.20. The Morgan fingerprint density at radius 1 is 1.07 bits per heavy atom. The van der Waals surface area contributed by atoms with Crippen LogP contribution in [0.15, 0.2) is 83.0 Å². The van der Waals surface area contributed by atoms with Gasteiger partial charge in [-0.2, -0.15) is 0 Å². The summed E-state index contributed by atoms with van der Waals surface area (Å²) in [5.41, 5.74) is 7.62. The minimum absolute atomic E-state index is 0.482.